The Hall–Kier alpha value is -0.540. The molecule has 2 bridgehead atoms. The van der Waals surface area contributed by atoms with Gasteiger partial charge < -0.3 is 5.11 Å². The minimum absolute atomic E-state index is 0.231. The first kappa shape index (κ1) is 13.1. The fourth-order valence-electron chi connectivity index (χ4n) is 5.28. The van der Waals surface area contributed by atoms with Crippen LogP contribution in [0.2, 0.25) is 5.02 Å². The molecule has 20 heavy (non-hydrogen) atoms. The van der Waals surface area contributed by atoms with Crippen LogP contribution < -0.4 is 0 Å². The molecule has 0 radical (unpaired) electrons. The molecule has 0 spiro atoms. The van der Waals surface area contributed by atoms with Crippen molar-refractivity contribution in [1.29, 1.82) is 0 Å². The molecule has 0 saturated heterocycles. The van der Waals surface area contributed by atoms with Gasteiger partial charge in [0.25, 0.3) is 0 Å². The van der Waals surface area contributed by atoms with E-state index in [0.29, 0.717) is 12.3 Å². The number of fused-ring (bicyclic) bond motifs is 5. The third-order valence-corrected chi connectivity index (χ3v) is 6.58. The molecule has 1 aromatic rings. The molecule has 0 aliphatic heterocycles. The van der Waals surface area contributed by atoms with Crippen molar-refractivity contribution in [3.8, 4) is 0 Å². The van der Waals surface area contributed by atoms with Crippen LogP contribution in [-0.4, -0.2) is 21.0 Å². The molecule has 4 heteroatoms. The van der Waals surface area contributed by atoms with Crippen LogP contribution in [0.1, 0.15) is 37.6 Å². The molecule has 0 aromatic carbocycles. The maximum atomic E-state index is 10.6. The Bertz CT molecular complexity index is 525. The molecule has 1 aromatic heterocycles. The Balaban J connectivity index is 1.49. The molecule has 3 fully saturated rings. The van der Waals surface area contributed by atoms with Crippen LogP contribution in [0.4, 0.5) is 0 Å². The highest BCUT2D eigenvalue weighted by Gasteiger charge is 2.66. The molecule has 3 aliphatic rings. The standard InChI is InChI=1S/C16H23ClN2O/c1-3-10-16(17)11(19(2)18-10)7-12(20)15-13-8-4-5-9(6-8)14(13)15/h8-9,12-15,20H,3-7H2,1-2H3. The van der Waals surface area contributed by atoms with Gasteiger partial charge in [-0.3, -0.25) is 4.68 Å². The number of aliphatic hydroxyl groups is 1. The van der Waals surface area contributed by atoms with Crippen LogP contribution in [0.5, 0.6) is 0 Å². The summed E-state index contributed by atoms with van der Waals surface area (Å²) in [5.74, 6) is 4.01. The maximum absolute atomic E-state index is 10.6. The van der Waals surface area contributed by atoms with Gasteiger partial charge in [0.1, 0.15) is 0 Å². The SMILES string of the molecule is CCc1nn(C)c(CC(O)C2C3C4CCC(C4)C23)c1Cl. The smallest absolute Gasteiger partial charge is 0.0850 e. The minimum atomic E-state index is -0.231. The average molecular weight is 295 g/mol. The molecule has 5 unspecified atom stereocenters. The van der Waals surface area contributed by atoms with Crippen molar-refractivity contribution < 1.29 is 5.11 Å². The van der Waals surface area contributed by atoms with Crippen LogP contribution in [0.15, 0.2) is 0 Å². The third-order valence-electron chi connectivity index (χ3n) is 6.14. The summed E-state index contributed by atoms with van der Waals surface area (Å²) in [6, 6.07) is 0. The Kier molecular flexibility index (Phi) is 2.94. The van der Waals surface area contributed by atoms with Crippen molar-refractivity contribution >= 4 is 11.6 Å². The second kappa shape index (κ2) is 4.48. The summed E-state index contributed by atoms with van der Waals surface area (Å²) in [5.41, 5.74) is 1.96. The van der Waals surface area contributed by atoms with Crippen molar-refractivity contribution in [2.24, 2.45) is 36.6 Å². The highest BCUT2D eigenvalue weighted by atomic mass is 35.5. The molecule has 3 nitrogen and oxygen atoms in total. The molecule has 110 valence electrons. The molecule has 3 saturated carbocycles. The van der Waals surface area contributed by atoms with E-state index in [1.54, 1.807) is 0 Å². The van der Waals surface area contributed by atoms with Crippen molar-refractivity contribution in [3.63, 3.8) is 0 Å². The lowest BCUT2D eigenvalue weighted by Gasteiger charge is -2.15. The Morgan fingerprint density at radius 1 is 1.35 bits per heavy atom. The number of halogens is 1. The highest BCUT2D eigenvalue weighted by Crippen LogP contribution is 2.70. The van der Waals surface area contributed by atoms with Gasteiger partial charge in [0.15, 0.2) is 0 Å². The lowest BCUT2D eigenvalue weighted by Crippen LogP contribution is -2.20. The monoisotopic (exact) mass is 294 g/mol. The van der Waals surface area contributed by atoms with E-state index in [1.165, 1.54) is 19.3 Å². The van der Waals surface area contributed by atoms with Crippen molar-refractivity contribution in [3.05, 3.63) is 16.4 Å². The van der Waals surface area contributed by atoms with Crippen LogP contribution in [0.3, 0.4) is 0 Å². The predicted molar refractivity (Wildman–Crippen MR) is 78.6 cm³/mol. The molecule has 1 heterocycles. The summed E-state index contributed by atoms with van der Waals surface area (Å²) in [6.07, 6.45) is 5.53. The summed E-state index contributed by atoms with van der Waals surface area (Å²) >= 11 is 6.39. The van der Waals surface area contributed by atoms with Crippen molar-refractivity contribution in [2.75, 3.05) is 0 Å². The van der Waals surface area contributed by atoms with Gasteiger partial charge >= 0.3 is 0 Å². The molecule has 5 atom stereocenters. The number of aromatic nitrogens is 2. The van der Waals surface area contributed by atoms with Crippen molar-refractivity contribution in [2.45, 2.75) is 45.1 Å². The Morgan fingerprint density at radius 2 is 2.00 bits per heavy atom. The Morgan fingerprint density at radius 3 is 2.55 bits per heavy atom. The van der Waals surface area contributed by atoms with Gasteiger partial charge in [-0.2, -0.15) is 5.10 Å². The maximum Gasteiger partial charge on any atom is 0.0850 e. The van der Waals surface area contributed by atoms with Gasteiger partial charge in [-0.05, 0) is 55.3 Å². The zero-order chi connectivity index (χ0) is 14.0. The lowest BCUT2D eigenvalue weighted by atomic mass is 9.96. The highest BCUT2D eigenvalue weighted by molar-refractivity contribution is 6.31. The second-order valence-electron chi connectivity index (χ2n) is 7.02. The molecule has 0 amide bonds. The van der Waals surface area contributed by atoms with Gasteiger partial charge in [0.05, 0.1) is 22.5 Å². The zero-order valence-corrected chi connectivity index (χ0v) is 13.0. The average Bonchev–Trinajstić information content (AvgIpc) is 2.72. The molecular formula is C16H23ClN2O. The third kappa shape index (κ3) is 1.72. The van der Waals surface area contributed by atoms with E-state index < -0.39 is 0 Å². The summed E-state index contributed by atoms with van der Waals surface area (Å²) in [5, 5.41) is 15.9. The predicted octanol–water partition coefficient (Wildman–Crippen LogP) is 2.83. The topological polar surface area (TPSA) is 38.0 Å². The lowest BCUT2D eigenvalue weighted by molar-refractivity contribution is 0.126. The fraction of sp³-hybridized carbons (Fsp3) is 0.812. The summed E-state index contributed by atoms with van der Waals surface area (Å²) in [6.45, 7) is 2.07. The van der Waals surface area contributed by atoms with E-state index >= 15 is 0 Å². The van der Waals surface area contributed by atoms with Gasteiger partial charge in [0, 0.05) is 13.5 Å². The zero-order valence-electron chi connectivity index (χ0n) is 12.2. The number of rotatable bonds is 4. The number of hydrogen-bond donors (Lipinski definition) is 1. The first-order valence-corrected chi connectivity index (χ1v) is 8.38. The normalized spacial score (nSPS) is 39.1. The number of hydrogen-bond acceptors (Lipinski definition) is 2. The summed E-state index contributed by atoms with van der Waals surface area (Å²) in [7, 11) is 1.94. The van der Waals surface area contributed by atoms with Crippen LogP contribution in [0.25, 0.3) is 0 Å². The molecular weight excluding hydrogens is 272 g/mol. The van der Waals surface area contributed by atoms with Crippen LogP contribution >= 0.6 is 11.6 Å². The van der Waals surface area contributed by atoms with E-state index in [1.807, 2.05) is 11.7 Å². The van der Waals surface area contributed by atoms with Gasteiger partial charge in [0.2, 0.25) is 0 Å². The summed E-state index contributed by atoms with van der Waals surface area (Å²) < 4.78 is 1.86. The first-order valence-electron chi connectivity index (χ1n) is 8.00. The van der Waals surface area contributed by atoms with E-state index in [0.717, 1.165) is 46.5 Å². The van der Waals surface area contributed by atoms with E-state index in [2.05, 4.69) is 12.0 Å². The van der Waals surface area contributed by atoms with Crippen LogP contribution in [-0.2, 0) is 19.9 Å². The van der Waals surface area contributed by atoms with E-state index in [4.69, 9.17) is 11.6 Å². The number of nitrogens with zero attached hydrogens (tertiary/aromatic N) is 2. The van der Waals surface area contributed by atoms with E-state index in [-0.39, 0.29) is 6.10 Å². The quantitative estimate of drug-likeness (QED) is 0.927. The van der Waals surface area contributed by atoms with Crippen molar-refractivity contribution in [1.82, 2.24) is 9.78 Å². The minimum Gasteiger partial charge on any atom is -0.392 e. The number of aliphatic hydroxyl groups excluding tert-OH is 1. The van der Waals surface area contributed by atoms with Gasteiger partial charge in [-0.25, -0.2) is 0 Å². The van der Waals surface area contributed by atoms with E-state index in [9.17, 15) is 5.11 Å². The number of aryl methyl sites for hydroxylation is 2. The molecule has 1 N–H and O–H groups in total. The fourth-order valence-corrected chi connectivity index (χ4v) is 5.65. The largest absolute Gasteiger partial charge is 0.392 e. The second-order valence-corrected chi connectivity index (χ2v) is 7.40. The van der Waals surface area contributed by atoms with Gasteiger partial charge in [-0.15, -0.1) is 0 Å². The van der Waals surface area contributed by atoms with Gasteiger partial charge in [-0.1, -0.05) is 18.5 Å². The van der Waals surface area contributed by atoms with Crippen LogP contribution in [0, 0.1) is 29.6 Å². The molecule has 4 rings (SSSR count). The Labute approximate surface area is 125 Å². The molecule has 3 aliphatic carbocycles. The summed E-state index contributed by atoms with van der Waals surface area (Å²) in [4.78, 5) is 0. The first-order chi connectivity index (χ1) is 9.61.